The summed E-state index contributed by atoms with van der Waals surface area (Å²) in [6, 6.07) is 6.41. The zero-order valence-electron chi connectivity index (χ0n) is 10.8. The SMILES string of the molecule is O=C(O)[C@@H](Cc1ccccc1Br)NC(=O)[C@H]1CCCO1. The van der Waals surface area contributed by atoms with Gasteiger partial charge in [-0.2, -0.15) is 0 Å². The number of amides is 1. The van der Waals surface area contributed by atoms with Crippen molar-refractivity contribution in [3.8, 4) is 0 Å². The Morgan fingerprint density at radius 3 is 2.80 bits per heavy atom. The van der Waals surface area contributed by atoms with Crippen molar-refractivity contribution < 1.29 is 19.4 Å². The van der Waals surface area contributed by atoms with E-state index in [2.05, 4.69) is 21.2 Å². The highest BCUT2D eigenvalue weighted by atomic mass is 79.9. The fourth-order valence-corrected chi connectivity index (χ4v) is 2.58. The molecule has 0 saturated carbocycles. The Bertz CT molecular complexity index is 500. The average molecular weight is 342 g/mol. The summed E-state index contributed by atoms with van der Waals surface area (Å²) in [5, 5.41) is 11.8. The van der Waals surface area contributed by atoms with E-state index in [1.807, 2.05) is 24.3 Å². The number of carbonyl (C=O) groups is 2. The third kappa shape index (κ3) is 3.80. The smallest absolute Gasteiger partial charge is 0.326 e. The average Bonchev–Trinajstić information content (AvgIpc) is 2.94. The fraction of sp³-hybridized carbons (Fsp3) is 0.429. The van der Waals surface area contributed by atoms with Gasteiger partial charge in [-0.15, -0.1) is 0 Å². The zero-order chi connectivity index (χ0) is 14.5. The Morgan fingerprint density at radius 1 is 1.45 bits per heavy atom. The van der Waals surface area contributed by atoms with Gasteiger partial charge in [-0.25, -0.2) is 4.79 Å². The van der Waals surface area contributed by atoms with Gasteiger partial charge < -0.3 is 15.2 Å². The highest BCUT2D eigenvalue weighted by molar-refractivity contribution is 9.10. The second kappa shape index (κ2) is 6.85. The highest BCUT2D eigenvalue weighted by Gasteiger charge is 2.28. The number of aliphatic carboxylic acids is 1. The Hall–Kier alpha value is -1.40. The van der Waals surface area contributed by atoms with Crippen molar-refractivity contribution >= 4 is 27.8 Å². The number of rotatable bonds is 5. The van der Waals surface area contributed by atoms with Crippen molar-refractivity contribution in [3.63, 3.8) is 0 Å². The van der Waals surface area contributed by atoms with Crippen molar-refractivity contribution in [3.05, 3.63) is 34.3 Å². The number of carbonyl (C=O) groups excluding carboxylic acids is 1. The van der Waals surface area contributed by atoms with Crippen molar-refractivity contribution in [2.75, 3.05) is 6.61 Å². The van der Waals surface area contributed by atoms with E-state index in [1.54, 1.807) is 0 Å². The monoisotopic (exact) mass is 341 g/mol. The molecule has 1 heterocycles. The number of carboxylic acids is 1. The van der Waals surface area contributed by atoms with Gasteiger partial charge in [0.05, 0.1) is 0 Å². The van der Waals surface area contributed by atoms with Crippen LogP contribution < -0.4 is 5.32 Å². The molecule has 6 heteroatoms. The van der Waals surface area contributed by atoms with E-state index in [4.69, 9.17) is 4.74 Å². The van der Waals surface area contributed by atoms with Crippen LogP contribution >= 0.6 is 15.9 Å². The molecule has 2 rings (SSSR count). The first kappa shape index (κ1) is 15.0. The minimum Gasteiger partial charge on any atom is -0.480 e. The Kier molecular flexibility index (Phi) is 5.14. The Morgan fingerprint density at radius 2 is 2.20 bits per heavy atom. The van der Waals surface area contributed by atoms with Crippen LogP contribution in [0.2, 0.25) is 0 Å². The van der Waals surface area contributed by atoms with E-state index in [-0.39, 0.29) is 12.3 Å². The van der Waals surface area contributed by atoms with Crippen LogP contribution in [-0.2, 0) is 20.7 Å². The molecule has 1 aliphatic rings. The van der Waals surface area contributed by atoms with Gasteiger partial charge in [0.1, 0.15) is 12.1 Å². The minimum absolute atomic E-state index is 0.231. The van der Waals surface area contributed by atoms with Gasteiger partial charge in [-0.3, -0.25) is 4.79 Å². The first-order valence-electron chi connectivity index (χ1n) is 6.46. The molecule has 1 aromatic carbocycles. The van der Waals surface area contributed by atoms with Crippen LogP contribution in [0, 0.1) is 0 Å². The molecular formula is C14H16BrNO4. The summed E-state index contributed by atoms with van der Waals surface area (Å²) in [5.74, 6) is -1.39. The molecule has 1 saturated heterocycles. The van der Waals surface area contributed by atoms with Crippen molar-refractivity contribution in [1.29, 1.82) is 0 Å². The number of hydrogen-bond donors (Lipinski definition) is 2. The number of nitrogens with one attached hydrogen (secondary N) is 1. The number of benzene rings is 1. The molecule has 1 fully saturated rings. The van der Waals surface area contributed by atoms with E-state index in [0.717, 1.165) is 16.5 Å². The highest BCUT2D eigenvalue weighted by Crippen LogP contribution is 2.18. The summed E-state index contributed by atoms with van der Waals surface area (Å²) in [4.78, 5) is 23.2. The molecule has 0 spiro atoms. The molecule has 0 aromatic heterocycles. The summed E-state index contributed by atoms with van der Waals surface area (Å²) in [6.07, 6.45) is 1.19. The third-order valence-electron chi connectivity index (χ3n) is 3.22. The largest absolute Gasteiger partial charge is 0.480 e. The van der Waals surface area contributed by atoms with Gasteiger partial charge in [0, 0.05) is 17.5 Å². The van der Waals surface area contributed by atoms with Gasteiger partial charge in [0.25, 0.3) is 0 Å². The number of halogens is 1. The quantitative estimate of drug-likeness (QED) is 0.855. The van der Waals surface area contributed by atoms with Crippen LogP contribution in [0.5, 0.6) is 0 Å². The molecule has 2 N–H and O–H groups in total. The maximum absolute atomic E-state index is 11.9. The molecule has 0 bridgehead atoms. The third-order valence-corrected chi connectivity index (χ3v) is 3.99. The van der Waals surface area contributed by atoms with E-state index in [1.165, 1.54) is 0 Å². The van der Waals surface area contributed by atoms with Crippen LogP contribution in [0.25, 0.3) is 0 Å². The van der Waals surface area contributed by atoms with E-state index in [0.29, 0.717) is 13.0 Å². The molecule has 1 amide bonds. The van der Waals surface area contributed by atoms with Crippen LogP contribution in [0.1, 0.15) is 18.4 Å². The molecule has 20 heavy (non-hydrogen) atoms. The second-order valence-electron chi connectivity index (χ2n) is 4.70. The van der Waals surface area contributed by atoms with E-state index >= 15 is 0 Å². The van der Waals surface area contributed by atoms with Gasteiger partial charge in [0.2, 0.25) is 5.91 Å². The number of carboxylic acid groups (broad SMARTS) is 1. The normalized spacial score (nSPS) is 19.6. The van der Waals surface area contributed by atoms with Crippen molar-refractivity contribution in [1.82, 2.24) is 5.32 Å². The summed E-state index contributed by atoms with van der Waals surface area (Å²) in [5.41, 5.74) is 0.840. The first-order chi connectivity index (χ1) is 9.58. The Balaban J connectivity index is 2.02. The molecule has 5 nitrogen and oxygen atoms in total. The predicted molar refractivity (Wildman–Crippen MR) is 76.4 cm³/mol. The molecule has 108 valence electrons. The maximum atomic E-state index is 11.9. The lowest BCUT2D eigenvalue weighted by molar-refractivity contribution is -0.143. The molecular weight excluding hydrogens is 326 g/mol. The van der Waals surface area contributed by atoms with Gasteiger partial charge >= 0.3 is 5.97 Å². The van der Waals surface area contributed by atoms with Crippen molar-refractivity contribution in [2.24, 2.45) is 0 Å². The lowest BCUT2D eigenvalue weighted by Gasteiger charge is -2.17. The van der Waals surface area contributed by atoms with Gasteiger partial charge in [0.15, 0.2) is 0 Å². The van der Waals surface area contributed by atoms with E-state index < -0.39 is 18.1 Å². The molecule has 1 aliphatic heterocycles. The molecule has 2 atom stereocenters. The van der Waals surface area contributed by atoms with Crippen LogP contribution in [-0.4, -0.2) is 35.7 Å². The van der Waals surface area contributed by atoms with Crippen LogP contribution in [0.15, 0.2) is 28.7 Å². The van der Waals surface area contributed by atoms with Gasteiger partial charge in [-0.1, -0.05) is 34.1 Å². The zero-order valence-corrected chi connectivity index (χ0v) is 12.4. The summed E-state index contributed by atoms with van der Waals surface area (Å²) in [7, 11) is 0. The second-order valence-corrected chi connectivity index (χ2v) is 5.55. The fourth-order valence-electron chi connectivity index (χ4n) is 2.13. The minimum atomic E-state index is -1.05. The lowest BCUT2D eigenvalue weighted by atomic mass is 10.1. The van der Waals surface area contributed by atoms with Crippen LogP contribution in [0.4, 0.5) is 0 Å². The maximum Gasteiger partial charge on any atom is 0.326 e. The molecule has 0 aliphatic carbocycles. The summed E-state index contributed by atoms with van der Waals surface area (Å²) < 4.78 is 6.09. The summed E-state index contributed by atoms with van der Waals surface area (Å²) >= 11 is 3.38. The van der Waals surface area contributed by atoms with Gasteiger partial charge in [-0.05, 0) is 24.5 Å². The molecule has 0 unspecified atom stereocenters. The number of hydrogen-bond acceptors (Lipinski definition) is 3. The first-order valence-corrected chi connectivity index (χ1v) is 7.25. The predicted octanol–water partition coefficient (Wildman–Crippen LogP) is 1.74. The topological polar surface area (TPSA) is 75.6 Å². The number of ether oxygens (including phenoxy) is 1. The molecule has 0 radical (unpaired) electrons. The Labute approximate surface area is 125 Å². The van der Waals surface area contributed by atoms with E-state index in [9.17, 15) is 14.7 Å². The standard InChI is InChI=1S/C14H16BrNO4/c15-10-5-2-1-4-9(10)8-11(14(18)19)16-13(17)12-6-3-7-20-12/h1-2,4-5,11-12H,3,6-8H2,(H,16,17)(H,18,19)/t11-,12-/m1/s1. The van der Waals surface area contributed by atoms with Crippen molar-refractivity contribution in [2.45, 2.75) is 31.4 Å². The van der Waals surface area contributed by atoms with Crippen LogP contribution in [0.3, 0.4) is 0 Å². The molecule has 1 aromatic rings. The summed E-state index contributed by atoms with van der Waals surface area (Å²) in [6.45, 7) is 0.556. The lowest BCUT2D eigenvalue weighted by Crippen LogP contribution is -2.46.